The minimum absolute atomic E-state index is 0.128. The van der Waals surface area contributed by atoms with Crippen molar-refractivity contribution in [3.8, 4) is 11.8 Å². The Kier molecular flexibility index (Phi) is 5.46. The summed E-state index contributed by atoms with van der Waals surface area (Å²) in [7, 11) is 1.62. The molecule has 0 radical (unpaired) electrons. The van der Waals surface area contributed by atoms with Gasteiger partial charge in [0.2, 0.25) is 6.10 Å². The monoisotopic (exact) mass is 387 g/mol. The SMILES string of the molecule is COc1ccc2cc(C(C#N)OC(=O)CC3OCC3c3ccccc3)ccc2c1. The number of fused-ring (bicyclic) bond motifs is 1. The molecule has 1 aliphatic heterocycles. The lowest BCUT2D eigenvalue weighted by Gasteiger charge is -2.36. The van der Waals surface area contributed by atoms with Crippen molar-refractivity contribution in [1.82, 2.24) is 0 Å². The Morgan fingerprint density at radius 3 is 2.59 bits per heavy atom. The van der Waals surface area contributed by atoms with Gasteiger partial charge >= 0.3 is 5.97 Å². The summed E-state index contributed by atoms with van der Waals surface area (Å²) in [5, 5.41) is 11.5. The molecule has 1 fully saturated rings. The van der Waals surface area contributed by atoms with Crippen LogP contribution in [0.4, 0.5) is 0 Å². The molecule has 0 N–H and O–H groups in total. The van der Waals surface area contributed by atoms with Crippen molar-refractivity contribution in [2.24, 2.45) is 0 Å². The van der Waals surface area contributed by atoms with E-state index in [9.17, 15) is 10.1 Å². The molecule has 0 aromatic heterocycles. The Morgan fingerprint density at radius 2 is 1.90 bits per heavy atom. The first-order valence-electron chi connectivity index (χ1n) is 9.51. The summed E-state index contributed by atoms with van der Waals surface area (Å²) >= 11 is 0. The van der Waals surface area contributed by atoms with Gasteiger partial charge in [-0.15, -0.1) is 0 Å². The lowest BCUT2D eigenvalue weighted by molar-refractivity contribution is -0.157. The number of hydrogen-bond acceptors (Lipinski definition) is 5. The van der Waals surface area contributed by atoms with Crippen LogP contribution in [0.1, 0.15) is 29.6 Å². The topological polar surface area (TPSA) is 68.5 Å². The van der Waals surface area contributed by atoms with Gasteiger partial charge in [0.15, 0.2) is 0 Å². The van der Waals surface area contributed by atoms with Crippen LogP contribution in [0.5, 0.6) is 5.75 Å². The molecule has 3 aromatic rings. The van der Waals surface area contributed by atoms with Gasteiger partial charge < -0.3 is 14.2 Å². The molecular weight excluding hydrogens is 366 g/mol. The van der Waals surface area contributed by atoms with E-state index in [1.54, 1.807) is 13.2 Å². The number of carbonyl (C=O) groups excluding carboxylic acids is 1. The summed E-state index contributed by atoms with van der Waals surface area (Å²) in [6.07, 6.45) is -1.04. The van der Waals surface area contributed by atoms with E-state index < -0.39 is 12.1 Å². The van der Waals surface area contributed by atoms with Crippen molar-refractivity contribution in [3.63, 3.8) is 0 Å². The van der Waals surface area contributed by atoms with Gasteiger partial charge in [-0.05, 0) is 34.5 Å². The number of nitriles is 1. The second-order valence-electron chi connectivity index (χ2n) is 7.06. The van der Waals surface area contributed by atoms with Crippen LogP contribution in [0.3, 0.4) is 0 Å². The van der Waals surface area contributed by atoms with Crippen LogP contribution in [0.15, 0.2) is 66.7 Å². The molecule has 1 aliphatic rings. The Balaban J connectivity index is 1.43. The molecule has 1 heterocycles. The fraction of sp³-hybridized carbons (Fsp3) is 0.250. The molecule has 0 amide bonds. The van der Waals surface area contributed by atoms with E-state index in [-0.39, 0.29) is 18.4 Å². The van der Waals surface area contributed by atoms with Crippen LogP contribution in [0.25, 0.3) is 10.8 Å². The summed E-state index contributed by atoms with van der Waals surface area (Å²) in [5.74, 6) is 0.513. The van der Waals surface area contributed by atoms with Crippen LogP contribution in [0.2, 0.25) is 0 Å². The third-order valence-electron chi connectivity index (χ3n) is 5.27. The van der Waals surface area contributed by atoms with E-state index in [0.29, 0.717) is 12.2 Å². The first-order chi connectivity index (χ1) is 14.2. The molecule has 5 nitrogen and oxygen atoms in total. The molecule has 3 unspecified atom stereocenters. The summed E-state index contributed by atoms with van der Waals surface area (Å²) in [6, 6.07) is 23.3. The Hall–Kier alpha value is -3.36. The average molecular weight is 387 g/mol. The highest BCUT2D eigenvalue weighted by Crippen LogP contribution is 2.34. The molecule has 5 heteroatoms. The molecular formula is C24H21NO4. The first kappa shape index (κ1) is 19.0. The summed E-state index contributed by atoms with van der Waals surface area (Å²) < 4.78 is 16.3. The third kappa shape index (κ3) is 4.08. The van der Waals surface area contributed by atoms with E-state index in [0.717, 1.165) is 22.1 Å². The maximum absolute atomic E-state index is 12.4. The molecule has 3 atom stereocenters. The molecule has 0 spiro atoms. The zero-order valence-electron chi connectivity index (χ0n) is 16.1. The Bertz CT molecular complexity index is 1060. The number of nitrogens with zero attached hydrogens (tertiary/aromatic N) is 1. The fourth-order valence-electron chi connectivity index (χ4n) is 3.59. The number of esters is 1. The van der Waals surface area contributed by atoms with Gasteiger partial charge in [-0.2, -0.15) is 5.26 Å². The molecule has 4 rings (SSSR count). The summed E-state index contributed by atoms with van der Waals surface area (Å²) in [4.78, 5) is 12.4. The zero-order valence-corrected chi connectivity index (χ0v) is 16.1. The number of ether oxygens (including phenoxy) is 3. The maximum Gasteiger partial charge on any atom is 0.310 e. The van der Waals surface area contributed by atoms with Gasteiger partial charge in [0.05, 0.1) is 26.2 Å². The molecule has 0 bridgehead atoms. The van der Waals surface area contributed by atoms with Crippen molar-refractivity contribution in [1.29, 1.82) is 5.26 Å². The zero-order chi connectivity index (χ0) is 20.2. The standard InChI is InChI=1S/C24H21NO4/c1-27-20-10-9-17-11-19(8-7-18(17)12-20)23(14-25)29-24(26)13-22-21(15-28-22)16-5-3-2-4-6-16/h2-12,21-23H,13,15H2,1H3. The lowest BCUT2D eigenvalue weighted by atomic mass is 9.88. The van der Waals surface area contributed by atoms with Crippen molar-refractivity contribution in [2.45, 2.75) is 24.5 Å². The number of carbonyl (C=O) groups is 1. The summed E-state index contributed by atoms with van der Waals surface area (Å²) in [6.45, 7) is 0.595. The maximum atomic E-state index is 12.4. The van der Waals surface area contributed by atoms with E-state index in [1.807, 2.05) is 60.7 Å². The highest BCUT2D eigenvalue weighted by molar-refractivity contribution is 5.84. The first-order valence-corrected chi connectivity index (χ1v) is 9.51. The van der Waals surface area contributed by atoms with Gasteiger partial charge in [0.25, 0.3) is 0 Å². The van der Waals surface area contributed by atoms with Gasteiger partial charge in [-0.1, -0.05) is 48.5 Å². The molecule has 146 valence electrons. The average Bonchev–Trinajstić information content (AvgIpc) is 2.75. The van der Waals surface area contributed by atoms with Crippen molar-refractivity contribution >= 4 is 16.7 Å². The second kappa shape index (κ2) is 8.34. The molecule has 0 aliphatic carbocycles. The van der Waals surface area contributed by atoms with Crippen molar-refractivity contribution in [3.05, 3.63) is 77.9 Å². The van der Waals surface area contributed by atoms with E-state index in [1.165, 1.54) is 0 Å². The second-order valence-corrected chi connectivity index (χ2v) is 7.06. The predicted octanol–water partition coefficient (Wildman–Crippen LogP) is 4.53. The normalized spacial score (nSPS) is 19.0. The minimum Gasteiger partial charge on any atom is -0.497 e. The highest BCUT2D eigenvalue weighted by atomic mass is 16.6. The number of rotatable bonds is 6. The Morgan fingerprint density at radius 1 is 1.14 bits per heavy atom. The highest BCUT2D eigenvalue weighted by Gasteiger charge is 2.36. The van der Waals surface area contributed by atoms with Gasteiger partial charge in [-0.3, -0.25) is 4.79 Å². The van der Waals surface area contributed by atoms with Crippen LogP contribution < -0.4 is 4.74 Å². The van der Waals surface area contributed by atoms with Crippen LogP contribution in [-0.2, 0) is 14.3 Å². The smallest absolute Gasteiger partial charge is 0.310 e. The predicted molar refractivity (Wildman–Crippen MR) is 108 cm³/mol. The third-order valence-corrected chi connectivity index (χ3v) is 5.27. The number of hydrogen-bond donors (Lipinski definition) is 0. The minimum atomic E-state index is -0.954. The molecule has 1 saturated heterocycles. The van der Waals surface area contributed by atoms with Crippen LogP contribution in [0, 0.1) is 11.3 Å². The van der Waals surface area contributed by atoms with Gasteiger partial charge in [0.1, 0.15) is 11.8 Å². The van der Waals surface area contributed by atoms with E-state index in [2.05, 4.69) is 6.07 Å². The van der Waals surface area contributed by atoms with Crippen molar-refractivity contribution in [2.75, 3.05) is 13.7 Å². The van der Waals surface area contributed by atoms with Crippen molar-refractivity contribution < 1.29 is 19.0 Å². The van der Waals surface area contributed by atoms with Crippen LogP contribution in [-0.4, -0.2) is 25.8 Å². The number of benzene rings is 3. The van der Waals surface area contributed by atoms with Crippen LogP contribution >= 0.6 is 0 Å². The molecule has 29 heavy (non-hydrogen) atoms. The Labute approximate surface area is 169 Å². The molecule has 0 saturated carbocycles. The fourth-order valence-corrected chi connectivity index (χ4v) is 3.59. The van der Waals surface area contributed by atoms with E-state index >= 15 is 0 Å². The van der Waals surface area contributed by atoms with E-state index in [4.69, 9.17) is 14.2 Å². The van der Waals surface area contributed by atoms with Gasteiger partial charge in [0, 0.05) is 11.5 Å². The van der Waals surface area contributed by atoms with Gasteiger partial charge in [-0.25, -0.2) is 0 Å². The molecule has 3 aromatic carbocycles. The number of methoxy groups -OCH3 is 1. The quantitative estimate of drug-likeness (QED) is 0.581. The largest absolute Gasteiger partial charge is 0.497 e. The summed E-state index contributed by atoms with van der Waals surface area (Å²) in [5.41, 5.74) is 1.80. The lowest BCUT2D eigenvalue weighted by Crippen LogP contribution is -2.39.